The van der Waals surface area contributed by atoms with Crippen LogP contribution in [0.25, 0.3) is 0 Å². The van der Waals surface area contributed by atoms with E-state index in [2.05, 4.69) is 66.1 Å². The molecule has 0 radical (unpaired) electrons. The van der Waals surface area contributed by atoms with Crippen molar-refractivity contribution >= 4 is 6.03 Å². The van der Waals surface area contributed by atoms with Crippen molar-refractivity contribution in [3.63, 3.8) is 0 Å². The summed E-state index contributed by atoms with van der Waals surface area (Å²) in [5.74, 6) is 1.60. The molecule has 3 aliphatic rings. The summed E-state index contributed by atoms with van der Waals surface area (Å²) >= 11 is 0. The Kier molecular flexibility index (Phi) is 6.94. The molecule has 7 heteroatoms. The second-order valence-electron chi connectivity index (χ2n) is 11.0. The first-order valence-electron chi connectivity index (χ1n) is 13.2. The molecule has 3 aliphatic heterocycles. The molecule has 2 aromatic carbocycles. The van der Waals surface area contributed by atoms with E-state index in [0.717, 1.165) is 55.2 Å². The number of benzene rings is 2. The molecule has 7 nitrogen and oxygen atoms in total. The van der Waals surface area contributed by atoms with E-state index >= 15 is 0 Å². The smallest absolute Gasteiger partial charge is 0.325 e. The van der Waals surface area contributed by atoms with E-state index in [1.165, 1.54) is 11.1 Å². The highest BCUT2D eigenvalue weighted by Crippen LogP contribution is 2.48. The Morgan fingerprint density at radius 3 is 2.27 bits per heavy atom. The predicted octanol–water partition coefficient (Wildman–Crippen LogP) is 4.80. The molecule has 0 bridgehead atoms. The topological polar surface area (TPSA) is 54.5 Å². The van der Waals surface area contributed by atoms with Crippen LogP contribution in [0.1, 0.15) is 43.4 Å². The molecule has 2 amide bonds. The van der Waals surface area contributed by atoms with Gasteiger partial charge in [0.25, 0.3) is 0 Å². The average Bonchev–Trinajstić information content (AvgIpc) is 3.01. The van der Waals surface area contributed by atoms with Crippen LogP contribution < -0.4 is 9.47 Å². The Bertz CT molecular complexity index is 1160. The van der Waals surface area contributed by atoms with Crippen LogP contribution >= 0.6 is 0 Å². The number of rotatable bonds is 7. The molecule has 0 N–H and O–H groups in total. The Morgan fingerprint density at radius 1 is 0.946 bits per heavy atom. The monoisotopic (exact) mass is 505 g/mol. The van der Waals surface area contributed by atoms with Crippen LogP contribution in [-0.4, -0.2) is 73.8 Å². The lowest BCUT2D eigenvalue weighted by Crippen LogP contribution is -2.54. The molecular weight excluding hydrogens is 466 g/mol. The number of carbonyl (C=O) groups is 1. The van der Waals surface area contributed by atoms with Crippen LogP contribution in [0.2, 0.25) is 0 Å². The molecule has 2 fully saturated rings. The van der Waals surface area contributed by atoms with Crippen molar-refractivity contribution in [2.45, 2.75) is 50.7 Å². The maximum atomic E-state index is 13.9. The summed E-state index contributed by atoms with van der Waals surface area (Å²) in [4.78, 5) is 20.5. The van der Waals surface area contributed by atoms with Crippen molar-refractivity contribution in [2.75, 3.05) is 47.6 Å². The average molecular weight is 506 g/mol. The Labute approximate surface area is 220 Å². The number of piperidine rings is 1. The van der Waals surface area contributed by atoms with E-state index in [1.807, 2.05) is 11.0 Å². The highest BCUT2D eigenvalue weighted by atomic mass is 16.5. The summed E-state index contributed by atoms with van der Waals surface area (Å²) in [6.45, 7) is 8.88. The molecule has 0 unspecified atom stereocenters. The number of amides is 2. The fourth-order valence-electron chi connectivity index (χ4n) is 6.38. The first kappa shape index (κ1) is 25.6. The molecule has 0 aromatic heterocycles. The maximum absolute atomic E-state index is 13.9. The summed E-state index contributed by atoms with van der Waals surface area (Å²) in [6.07, 6.45) is 4.14. The number of fused-ring (bicyclic) bond motifs is 3. The molecule has 0 atom stereocenters. The number of methoxy groups -OCH3 is 3. The van der Waals surface area contributed by atoms with E-state index in [9.17, 15) is 4.79 Å². The van der Waals surface area contributed by atoms with Gasteiger partial charge in [0.15, 0.2) is 0 Å². The van der Waals surface area contributed by atoms with Crippen molar-refractivity contribution in [3.8, 4) is 11.5 Å². The number of nitrogens with zero attached hydrogens (tertiary/aromatic N) is 3. The molecule has 0 saturated carbocycles. The largest absolute Gasteiger partial charge is 0.497 e. The van der Waals surface area contributed by atoms with Gasteiger partial charge in [0, 0.05) is 50.5 Å². The third kappa shape index (κ3) is 4.59. The van der Waals surface area contributed by atoms with Crippen molar-refractivity contribution < 1.29 is 19.0 Å². The fraction of sp³-hybridized carbons (Fsp3) is 0.500. The van der Waals surface area contributed by atoms with Gasteiger partial charge in [0.05, 0.1) is 32.9 Å². The van der Waals surface area contributed by atoms with Crippen LogP contribution in [0.5, 0.6) is 11.5 Å². The number of allylic oxidation sites excluding steroid dienone is 1. The molecule has 37 heavy (non-hydrogen) atoms. The second-order valence-corrected chi connectivity index (χ2v) is 11.0. The second kappa shape index (κ2) is 10.0. The Hall–Kier alpha value is -3.03. The minimum absolute atomic E-state index is 0.0989. The summed E-state index contributed by atoms with van der Waals surface area (Å²) in [6, 6.07) is 14.7. The molecule has 198 valence electrons. The number of likely N-dealkylation sites (tertiary alicyclic amines) is 1. The molecule has 5 rings (SSSR count). The zero-order valence-corrected chi connectivity index (χ0v) is 22.8. The van der Waals surface area contributed by atoms with Crippen LogP contribution in [0.4, 0.5) is 4.79 Å². The van der Waals surface area contributed by atoms with Gasteiger partial charge in [-0.05, 0) is 41.7 Å². The molecule has 0 aliphatic carbocycles. The summed E-state index contributed by atoms with van der Waals surface area (Å²) in [5.41, 5.74) is 4.36. The quantitative estimate of drug-likeness (QED) is 0.541. The SMILES string of the molecule is COCCN1C(=O)N2Cc3ccccc3C(C)(C)C=C2C12CCN(Cc1cc(OC)cc(OC)c1)CC2. The predicted molar refractivity (Wildman–Crippen MR) is 144 cm³/mol. The molecular formula is C30H39N3O4. The standard InChI is InChI=1S/C30H39N3O4/c1-29(2)19-27-30(10-12-31(13-11-30)20-22-16-24(36-4)18-25(17-22)37-5)33(14-15-35-3)28(34)32(27)21-23-8-6-7-9-26(23)29/h6-9,16-19H,10-15,20-21H2,1-5H3. The summed E-state index contributed by atoms with van der Waals surface area (Å²) in [7, 11) is 5.07. The lowest BCUT2D eigenvalue weighted by molar-refractivity contribution is 0.0667. The van der Waals surface area contributed by atoms with Crippen molar-refractivity contribution in [2.24, 2.45) is 0 Å². The van der Waals surface area contributed by atoms with Crippen LogP contribution in [-0.2, 0) is 23.2 Å². The highest BCUT2D eigenvalue weighted by Gasteiger charge is 2.55. The summed E-state index contributed by atoms with van der Waals surface area (Å²) < 4.78 is 16.4. The minimum atomic E-state index is -0.322. The third-order valence-corrected chi connectivity index (χ3v) is 8.30. The first-order chi connectivity index (χ1) is 17.8. The van der Waals surface area contributed by atoms with Gasteiger partial charge < -0.3 is 19.1 Å². The van der Waals surface area contributed by atoms with Gasteiger partial charge in [-0.1, -0.05) is 44.2 Å². The number of carbonyl (C=O) groups excluding carboxylic acids is 1. The van der Waals surface area contributed by atoms with Gasteiger partial charge in [0.1, 0.15) is 11.5 Å². The van der Waals surface area contributed by atoms with Gasteiger partial charge in [0.2, 0.25) is 0 Å². The van der Waals surface area contributed by atoms with E-state index < -0.39 is 0 Å². The van der Waals surface area contributed by atoms with Crippen LogP contribution in [0, 0.1) is 0 Å². The van der Waals surface area contributed by atoms with Gasteiger partial charge >= 0.3 is 6.03 Å². The number of hydrogen-bond donors (Lipinski definition) is 0. The van der Waals surface area contributed by atoms with Gasteiger partial charge in [-0.2, -0.15) is 0 Å². The normalized spacial score (nSPS) is 20.4. The molecule has 3 heterocycles. The maximum Gasteiger partial charge on any atom is 0.325 e. The van der Waals surface area contributed by atoms with Crippen LogP contribution in [0.3, 0.4) is 0 Å². The van der Waals surface area contributed by atoms with Crippen molar-refractivity contribution in [1.82, 2.24) is 14.7 Å². The van der Waals surface area contributed by atoms with E-state index in [-0.39, 0.29) is 17.0 Å². The Balaban J connectivity index is 1.44. The first-order valence-corrected chi connectivity index (χ1v) is 13.2. The third-order valence-electron chi connectivity index (χ3n) is 8.30. The van der Waals surface area contributed by atoms with E-state index in [0.29, 0.717) is 19.7 Å². The van der Waals surface area contributed by atoms with Gasteiger partial charge in [-0.25, -0.2) is 4.79 Å². The van der Waals surface area contributed by atoms with E-state index in [1.54, 1.807) is 21.3 Å². The molecule has 2 aromatic rings. The zero-order valence-electron chi connectivity index (χ0n) is 22.8. The highest BCUT2D eigenvalue weighted by molar-refractivity contribution is 5.83. The zero-order chi connectivity index (χ0) is 26.2. The number of urea groups is 1. The number of hydrogen-bond acceptors (Lipinski definition) is 5. The lowest BCUT2D eigenvalue weighted by atomic mass is 9.77. The van der Waals surface area contributed by atoms with Crippen LogP contribution in [0.15, 0.2) is 54.2 Å². The number of ether oxygens (including phenoxy) is 3. The lowest BCUT2D eigenvalue weighted by Gasteiger charge is -2.45. The van der Waals surface area contributed by atoms with Gasteiger partial charge in [-0.3, -0.25) is 9.80 Å². The fourth-order valence-corrected chi connectivity index (χ4v) is 6.38. The minimum Gasteiger partial charge on any atom is -0.497 e. The molecule has 2 saturated heterocycles. The summed E-state index contributed by atoms with van der Waals surface area (Å²) in [5, 5.41) is 0. The van der Waals surface area contributed by atoms with Crippen molar-refractivity contribution in [3.05, 3.63) is 70.9 Å². The van der Waals surface area contributed by atoms with Gasteiger partial charge in [-0.15, -0.1) is 0 Å². The van der Waals surface area contributed by atoms with E-state index in [4.69, 9.17) is 14.2 Å². The Morgan fingerprint density at radius 2 is 1.62 bits per heavy atom. The molecule has 1 spiro atoms. The van der Waals surface area contributed by atoms with Crippen molar-refractivity contribution in [1.29, 1.82) is 0 Å².